The third kappa shape index (κ3) is 4.54. The number of hydrogen-bond acceptors (Lipinski definition) is 5. The summed E-state index contributed by atoms with van der Waals surface area (Å²) in [6.45, 7) is 7.80. The van der Waals surface area contributed by atoms with Gasteiger partial charge >= 0.3 is 0 Å². The molecule has 2 heterocycles. The van der Waals surface area contributed by atoms with E-state index in [0.29, 0.717) is 18.4 Å². The zero-order valence-corrected chi connectivity index (χ0v) is 15.3. The lowest BCUT2D eigenvalue weighted by atomic mass is 10.1. The summed E-state index contributed by atoms with van der Waals surface area (Å²) in [5.74, 6) is 1.95. The molecule has 0 spiro atoms. The Kier molecular flexibility index (Phi) is 5.28. The minimum absolute atomic E-state index is 0.512. The zero-order chi connectivity index (χ0) is 17.8. The van der Waals surface area contributed by atoms with Gasteiger partial charge in [0, 0.05) is 24.7 Å². The van der Waals surface area contributed by atoms with Crippen molar-refractivity contribution in [1.29, 1.82) is 0 Å². The molecular weight excluding hydrogens is 314 g/mol. The molecule has 1 aromatic carbocycles. The third-order valence-electron chi connectivity index (χ3n) is 3.96. The van der Waals surface area contributed by atoms with Crippen LogP contribution in [-0.2, 0) is 19.5 Å². The number of aromatic nitrogens is 4. The molecule has 6 nitrogen and oxygen atoms in total. The summed E-state index contributed by atoms with van der Waals surface area (Å²) in [7, 11) is 2.05. The van der Waals surface area contributed by atoms with Crippen molar-refractivity contribution in [3.8, 4) is 5.69 Å². The van der Waals surface area contributed by atoms with E-state index < -0.39 is 0 Å². The first-order valence-electron chi connectivity index (χ1n) is 8.61. The Bertz CT molecular complexity index is 821. The van der Waals surface area contributed by atoms with Crippen molar-refractivity contribution in [3.05, 3.63) is 59.5 Å². The molecule has 0 saturated heterocycles. The molecule has 0 fully saturated rings. The summed E-state index contributed by atoms with van der Waals surface area (Å²) in [4.78, 5) is 6.61. The van der Waals surface area contributed by atoms with E-state index in [2.05, 4.69) is 59.2 Å². The van der Waals surface area contributed by atoms with Crippen LogP contribution >= 0.6 is 0 Å². The minimum atomic E-state index is 0.512. The molecule has 25 heavy (non-hydrogen) atoms. The van der Waals surface area contributed by atoms with Crippen molar-refractivity contribution >= 4 is 0 Å². The lowest BCUT2D eigenvalue weighted by molar-refractivity contribution is 0.298. The molecule has 0 aliphatic carbocycles. The number of aryl methyl sites for hydroxylation is 1. The van der Waals surface area contributed by atoms with Crippen LogP contribution < -0.4 is 0 Å². The molecule has 0 atom stereocenters. The van der Waals surface area contributed by atoms with Crippen molar-refractivity contribution in [2.24, 2.45) is 5.92 Å². The summed E-state index contributed by atoms with van der Waals surface area (Å²) in [6, 6.07) is 8.23. The molecule has 0 radical (unpaired) electrons. The first kappa shape index (κ1) is 17.4. The molecule has 132 valence electrons. The molecule has 6 heteroatoms. The second kappa shape index (κ2) is 7.61. The van der Waals surface area contributed by atoms with Gasteiger partial charge in [0.25, 0.3) is 0 Å². The van der Waals surface area contributed by atoms with Gasteiger partial charge in [-0.2, -0.15) is 10.1 Å². The molecule has 0 amide bonds. The van der Waals surface area contributed by atoms with Crippen LogP contribution in [0.25, 0.3) is 5.69 Å². The Morgan fingerprint density at radius 1 is 1.20 bits per heavy atom. The van der Waals surface area contributed by atoms with Crippen molar-refractivity contribution in [1.82, 2.24) is 24.8 Å². The van der Waals surface area contributed by atoms with E-state index in [9.17, 15) is 0 Å². The quantitative estimate of drug-likeness (QED) is 0.660. The Balaban J connectivity index is 1.61. The van der Waals surface area contributed by atoms with Gasteiger partial charge in [0.05, 0.1) is 18.4 Å². The molecule has 3 rings (SSSR count). The zero-order valence-electron chi connectivity index (χ0n) is 15.3. The SMILES string of the molecule is Cc1ccccc1-n1cc(CN(C)Cc2noc(CC(C)C)n2)cn1. The smallest absolute Gasteiger partial charge is 0.226 e. The van der Waals surface area contributed by atoms with Gasteiger partial charge in [0.2, 0.25) is 5.89 Å². The van der Waals surface area contributed by atoms with Gasteiger partial charge in [0.1, 0.15) is 0 Å². The highest BCUT2D eigenvalue weighted by Gasteiger charge is 2.11. The molecule has 3 aromatic rings. The van der Waals surface area contributed by atoms with Crippen molar-refractivity contribution in [2.45, 2.75) is 40.3 Å². The van der Waals surface area contributed by atoms with Crippen molar-refractivity contribution in [3.63, 3.8) is 0 Å². The molecular formula is C19H25N5O. The average Bonchev–Trinajstić information content (AvgIpc) is 3.17. The maximum absolute atomic E-state index is 5.30. The number of nitrogens with zero attached hydrogens (tertiary/aromatic N) is 5. The van der Waals surface area contributed by atoms with Gasteiger partial charge in [-0.25, -0.2) is 4.68 Å². The van der Waals surface area contributed by atoms with Gasteiger partial charge in [-0.15, -0.1) is 0 Å². The summed E-state index contributed by atoms with van der Waals surface area (Å²) < 4.78 is 7.22. The summed E-state index contributed by atoms with van der Waals surface area (Å²) in [5, 5.41) is 8.55. The van der Waals surface area contributed by atoms with Crippen LogP contribution in [0.3, 0.4) is 0 Å². The van der Waals surface area contributed by atoms with Crippen molar-refractivity contribution < 1.29 is 4.52 Å². The molecule has 0 unspecified atom stereocenters. The second-order valence-electron chi connectivity index (χ2n) is 6.95. The van der Waals surface area contributed by atoms with Gasteiger partial charge in [-0.05, 0) is 31.5 Å². The van der Waals surface area contributed by atoms with E-state index in [0.717, 1.165) is 30.0 Å². The number of benzene rings is 1. The van der Waals surface area contributed by atoms with Gasteiger partial charge in [0.15, 0.2) is 5.82 Å². The predicted octanol–water partition coefficient (Wildman–Crippen LogP) is 3.39. The van der Waals surface area contributed by atoms with Crippen LogP contribution in [-0.4, -0.2) is 31.9 Å². The monoisotopic (exact) mass is 339 g/mol. The topological polar surface area (TPSA) is 60.0 Å². The maximum Gasteiger partial charge on any atom is 0.226 e. The number of rotatable bonds is 7. The Labute approximate surface area is 148 Å². The number of hydrogen-bond donors (Lipinski definition) is 0. The van der Waals surface area contributed by atoms with Crippen LogP contribution in [0, 0.1) is 12.8 Å². The highest BCUT2D eigenvalue weighted by atomic mass is 16.5. The largest absolute Gasteiger partial charge is 0.339 e. The second-order valence-corrected chi connectivity index (χ2v) is 6.95. The van der Waals surface area contributed by atoms with E-state index in [1.807, 2.05) is 30.1 Å². The third-order valence-corrected chi connectivity index (χ3v) is 3.96. The maximum atomic E-state index is 5.30. The summed E-state index contributed by atoms with van der Waals surface area (Å²) in [5.41, 5.74) is 3.46. The fourth-order valence-corrected chi connectivity index (χ4v) is 2.79. The van der Waals surface area contributed by atoms with E-state index in [-0.39, 0.29) is 0 Å². The van der Waals surface area contributed by atoms with Crippen LogP contribution in [0.5, 0.6) is 0 Å². The highest BCUT2D eigenvalue weighted by Crippen LogP contribution is 2.14. The van der Waals surface area contributed by atoms with Crippen LogP contribution in [0.2, 0.25) is 0 Å². The summed E-state index contributed by atoms with van der Waals surface area (Å²) in [6.07, 6.45) is 4.79. The minimum Gasteiger partial charge on any atom is -0.339 e. The Morgan fingerprint density at radius 2 is 2.00 bits per heavy atom. The predicted molar refractivity (Wildman–Crippen MR) is 96.3 cm³/mol. The molecule has 2 aromatic heterocycles. The van der Waals surface area contributed by atoms with E-state index in [1.165, 1.54) is 5.56 Å². The van der Waals surface area contributed by atoms with E-state index >= 15 is 0 Å². The first-order chi connectivity index (χ1) is 12.0. The van der Waals surface area contributed by atoms with Gasteiger partial charge in [-0.1, -0.05) is 37.2 Å². The highest BCUT2D eigenvalue weighted by molar-refractivity contribution is 5.39. The van der Waals surface area contributed by atoms with E-state index in [1.54, 1.807) is 0 Å². The number of para-hydroxylation sites is 1. The Morgan fingerprint density at radius 3 is 2.76 bits per heavy atom. The molecule has 0 aliphatic rings. The fourth-order valence-electron chi connectivity index (χ4n) is 2.79. The van der Waals surface area contributed by atoms with E-state index in [4.69, 9.17) is 4.52 Å². The molecule has 0 aliphatic heterocycles. The lowest BCUT2D eigenvalue weighted by Crippen LogP contribution is -2.17. The van der Waals surface area contributed by atoms with Crippen LogP contribution in [0.4, 0.5) is 0 Å². The van der Waals surface area contributed by atoms with Gasteiger partial charge < -0.3 is 4.52 Å². The van der Waals surface area contributed by atoms with Crippen LogP contribution in [0.1, 0.15) is 36.7 Å². The van der Waals surface area contributed by atoms with Gasteiger partial charge in [-0.3, -0.25) is 4.90 Å². The lowest BCUT2D eigenvalue weighted by Gasteiger charge is -2.12. The van der Waals surface area contributed by atoms with Crippen LogP contribution in [0.15, 0.2) is 41.2 Å². The average molecular weight is 339 g/mol. The Hall–Kier alpha value is -2.47. The summed E-state index contributed by atoms with van der Waals surface area (Å²) >= 11 is 0. The molecule has 0 N–H and O–H groups in total. The molecule has 0 bridgehead atoms. The normalized spacial score (nSPS) is 11.6. The fraction of sp³-hybridized carbons (Fsp3) is 0.421. The molecule has 0 saturated carbocycles. The standard InChI is InChI=1S/C19H25N5O/c1-14(2)9-19-21-18(22-25-19)13-23(4)11-16-10-20-24(12-16)17-8-6-5-7-15(17)3/h5-8,10,12,14H,9,11,13H2,1-4H3. The van der Waals surface area contributed by atoms with Crippen molar-refractivity contribution in [2.75, 3.05) is 7.05 Å². The first-order valence-corrected chi connectivity index (χ1v) is 8.61.